The third-order valence-corrected chi connectivity index (χ3v) is 4.23. The van der Waals surface area contributed by atoms with Gasteiger partial charge in [0.15, 0.2) is 0 Å². The Hall–Kier alpha value is -1.85. The third-order valence-electron chi connectivity index (χ3n) is 3.54. The van der Waals surface area contributed by atoms with Crippen molar-refractivity contribution in [3.05, 3.63) is 68.0 Å². The van der Waals surface area contributed by atoms with Crippen molar-refractivity contribution in [2.45, 2.75) is 19.4 Å². The maximum atomic E-state index is 11.3. The number of nitrogens with one attached hydrogen (secondary N) is 2. The van der Waals surface area contributed by atoms with E-state index in [1.165, 1.54) is 5.56 Å². The van der Waals surface area contributed by atoms with Gasteiger partial charge in [0.25, 0.3) is 0 Å². The van der Waals surface area contributed by atoms with Gasteiger partial charge in [-0.2, -0.15) is 0 Å². The molecule has 1 aromatic heterocycles. The van der Waals surface area contributed by atoms with E-state index in [1.807, 2.05) is 31.2 Å². The molecular formula is C16H15BrN2O2. The van der Waals surface area contributed by atoms with Gasteiger partial charge >= 0.3 is 5.69 Å². The molecule has 3 N–H and O–H groups in total. The number of aliphatic hydroxyl groups excluding tert-OH is 1. The van der Waals surface area contributed by atoms with Crippen LogP contribution in [0.3, 0.4) is 0 Å². The summed E-state index contributed by atoms with van der Waals surface area (Å²) < 4.78 is 0.782. The van der Waals surface area contributed by atoms with Gasteiger partial charge in [0, 0.05) is 10.9 Å². The maximum Gasteiger partial charge on any atom is 0.323 e. The standard InChI is InChI=1S/C16H15BrN2O2/c1-9-2-4-10(5-3-9)6-15(20)11-7-13-14(8-12(11)17)19-16(21)18-13/h2-5,7-8,15,20H,6H2,1H3,(H2,18,19,21). The summed E-state index contributed by atoms with van der Waals surface area (Å²) >= 11 is 3.46. The normalized spacial score (nSPS) is 12.7. The summed E-state index contributed by atoms with van der Waals surface area (Å²) in [6, 6.07) is 11.7. The number of aromatic amines is 2. The van der Waals surface area contributed by atoms with E-state index in [-0.39, 0.29) is 5.69 Å². The Morgan fingerprint density at radius 3 is 2.43 bits per heavy atom. The van der Waals surface area contributed by atoms with E-state index in [0.29, 0.717) is 11.9 Å². The maximum absolute atomic E-state index is 11.3. The molecule has 3 rings (SSSR count). The highest BCUT2D eigenvalue weighted by Crippen LogP contribution is 2.29. The molecule has 0 saturated heterocycles. The molecule has 4 nitrogen and oxygen atoms in total. The van der Waals surface area contributed by atoms with Crippen molar-refractivity contribution in [1.29, 1.82) is 0 Å². The zero-order valence-electron chi connectivity index (χ0n) is 11.5. The fourth-order valence-corrected chi connectivity index (χ4v) is 2.99. The van der Waals surface area contributed by atoms with Crippen LogP contribution in [-0.4, -0.2) is 15.1 Å². The summed E-state index contributed by atoms with van der Waals surface area (Å²) in [6.45, 7) is 2.03. The Kier molecular flexibility index (Phi) is 3.69. The van der Waals surface area contributed by atoms with Gasteiger partial charge < -0.3 is 15.1 Å². The number of H-pyrrole nitrogens is 2. The van der Waals surface area contributed by atoms with Crippen LogP contribution in [0.2, 0.25) is 0 Å². The Bertz CT molecular complexity index is 834. The molecule has 1 heterocycles. The van der Waals surface area contributed by atoms with Gasteiger partial charge in [-0.3, -0.25) is 0 Å². The Balaban J connectivity index is 1.93. The fraction of sp³-hybridized carbons (Fsp3) is 0.188. The number of rotatable bonds is 3. The molecule has 0 saturated carbocycles. The van der Waals surface area contributed by atoms with Crippen molar-refractivity contribution in [2.75, 3.05) is 0 Å². The summed E-state index contributed by atoms with van der Waals surface area (Å²) in [6.07, 6.45) is -0.108. The minimum absolute atomic E-state index is 0.248. The number of hydrogen-bond acceptors (Lipinski definition) is 2. The van der Waals surface area contributed by atoms with Crippen LogP contribution < -0.4 is 5.69 Å². The minimum Gasteiger partial charge on any atom is -0.388 e. The highest BCUT2D eigenvalue weighted by atomic mass is 79.9. The molecule has 5 heteroatoms. The number of aliphatic hydroxyl groups is 1. The highest BCUT2D eigenvalue weighted by Gasteiger charge is 2.14. The number of aryl methyl sites for hydroxylation is 1. The van der Waals surface area contributed by atoms with Crippen molar-refractivity contribution in [1.82, 2.24) is 9.97 Å². The zero-order chi connectivity index (χ0) is 15.0. The zero-order valence-corrected chi connectivity index (χ0v) is 13.1. The van der Waals surface area contributed by atoms with E-state index in [0.717, 1.165) is 21.1 Å². The van der Waals surface area contributed by atoms with Crippen molar-refractivity contribution < 1.29 is 5.11 Å². The quantitative estimate of drug-likeness (QED) is 0.681. The predicted octanol–water partition coefficient (Wildman–Crippen LogP) is 3.20. The van der Waals surface area contributed by atoms with E-state index in [1.54, 1.807) is 12.1 Å². The number of imidazole rings is 1. The van der Waals surface area contributed by atoms with Crippen LogP contribution in [0.25, 0.3) is 11.0 Å². The molecule has 0 aliphatic heterocycles. The topological polar surface area (TPSA) is 68.9 Å². The lowest BCUT2D eigenvalue weighted by Gasteiger charge is -2.13. The lowest BCUT2D eigenvalue weighted by atomic mass is 10.0. The van der Waals surface area contributed by atoms with Gasteiger partial charge in [0.1, 0.15) is 0 Å². The van der Waals surface area contributed by atoms with Crippen molar-refractivity contribution in [3.8, 4) is 0 Å². The number of halogens is 1. The van der Waals surface area contributed by atoms with Crippen LogP contribution in [-0.2, 0) is 6.42 Å². The molecule has 0 aliphatic rings. The lowest BCUT2D eigenvalue weighted by molar-refractivity contribution is 0.178. The average molecular weight is 347 g/mol. The van der Waals surface area contributed by atoms with Gasteiger partial charge in [-0.25, -0.2) is 4.79 Å². The molecule has 0 fully saturated rings. The van der Waals surface area contributed by atoms with E-state index in [2.05, 4.69) is 25.9 Å². The summed E-state index contributed by atoms with van der Waals surface area (Å²) in [5, 5.41) is 10.5. The van der Waals surface area contributed by atoms with Gasteiger partial charge in [-0.05, 0) is 30.2 Å². The van der Waals surface area contributed by atoms with E-state index < -0.39 is 6.10 Å². The van der Waals surface area contributed by atoms with E-state index >= 15 is 0 Å². The number of fused-ring (bicyclic) bond motifs is 1. The SMILES string of the molecule is Cc1ccc(CC(O)c2cc3[nH]c(=O)[nH]c3cc2Br)cc1. The monoisotopic (exact) mass is 346 g/mol. The molecule has 1 unspecified atom stereocenters. The molecule has 2 aromatic carbocycles. The van der Waals surface area contributed by atoms with Crippen molar-refractivity contribution in [3.63, 3.8) is 0 Å². The molecule has 21 heavy (non-hydrogen) atoms. The number of benzene rings is 2. The second-order valence-electron chi connectivity index (χ2n) is 5.20. The van der Waals surface area contributed by atoms with E-state index in [9.17, 15) is 9.90 Å². The first-order valence-corrected chi connectivity index (χ1v) is 7.47. The Morgan fingerprint density at radius 1 is 1.14 bits per heavy atom. The second kappa shape index (κ2) is 5.50. The number of aromatic nitrogens is 2. The largest absolute Gasteiger partial charge is 0.388 e. The van der Waals surface area contributed by atoms with Gasteiger partial charge in [0.2, 0.25) is 0 Å². The van der Waals surface area contributed by atoms with Gasteiger partial charge in [-0.15, -0.1) is 0 Å². The first-order valence-electron chi connectivity index (χ1n) is 6.68. The first kappa shape index (κ1) is 14.1. The van der Waals surface area contributed by atoms with Crippen LogP contribution in [0.1, 0.15) is 22.8 Å². The van der Waals surface area contributed by atoms with Crippen LogP contribution in [0.5, 0.6) is 0 Å². The molecule has 1 atom stereocenters. The average Bonchev–Trinajstić information content (AvgIpc) is 2.79. The number of hydrogen-bond donors (Lipinski definition) is 3. The molecule has 3 aromatic rings. The fourth-order valence-electron chi connectivity index (χ4n) is 2.39. The molecule has 108 valence electrons. The predicted molar refractivity (Wildman–Crippen MR) is 86.5 cm³/mol. The Labute approximate surface area is 130 Å². The lowest BCUT2D eigenvalue weighted by Crippen LogP contribution is -2.03. The summed E-state index contributed by atoms with van der Waals surface area (Å²) in [7, 11) is 0. The third kappa shape index (κ3) is 2.94. The van der Waals surface area contributed by atoms with Crippen LogP contribution in [0, 0.1) is 6.92 Å². The van der Waals surface area contributed by atoms with Crippen molar-refractivity contribution >= 4 is 27.0 Å². The molecule has 0 radical (unpaired) electrons. The van der Waals surface area contributed by atoms with Gasteiger partial charge in [-0.1, -0.05) is 45.8 Å². The highest BCUT2D eigenvalue weighted by molar-refractivity contribution is 9.10. The van der Waals surface area contributed by atoms with E-state index in [4.69, 9.17) is 0 Å². The summed E-state index contributed by atoms with van der Waals surface area (Å²) in [5.41, 5.74) is 4.20. The van der Waals surface area contributed by atoms with Crippen LogP contribution in [0.15, 0.2) is 45.7 Å². The second-order valence-corrected chi connectivity index (χ2v) is 6.06. The summed E-state index contributed by atoms with van der Waals surface area (Å²) in [5.74, 6) is 0. The Morgan fingerprint density at radius 2 is 1.76 bits per heavy atom. The van der Waals surface area contributed by atoms with Crippen LogP contribution >= 0.6 is 15.9 Å². The first-order chi connectivity index (χ1) is 10.0. The minimum atomic E-state index is -0.634. The molecule has 0 bridgehead atoms. The molecular weight excluding hydrogens is 332 g/mol. The van der Waals surface area contributed by atoms with Crippen molar-refractivity contribution in [2.24, 2.45) is 0 Å². The summed E-state index contributed by atoms with van der Waals surface area (Å²) in [4.78, 5) is 16.7. The molecule has 0 spiro atoms. The smallest absolute Gasteiger partial charge is 0.323 e. The molecule has 0 amide bonds. The van der Waals surface area contributed by atoms with Crippen LogP contribution in [0.4, 0.5) is 0 Å². The van der Waals surface area contributed by atoms with Gasteiger partial charge in [0.05, 0.1) is 17.1 Å². The molecule has 0 aliphatic carbocycles.